The lowest BCUT2D eigenvalue weighted by Gasteiger charge is -1.65. The average molecular weight is 87.1 g/mol. The van der Waals surface area contributed by atoms with Crippen molar-refractivity contribution in [3.63, 3.8) is 0 Å². The highest BCUT2D eigenvalue weighted by Crippen LogP contribution is 1.61. The van der Waals surface area contributed by atoms with Gasteiger partial charge in [-0.1, -0.05) is 0 Å². The van der Waals surface area contributed by atoms with E-state index in [2.05, 4.69) is 12.0 Å². The molecular formula is C2H3N2O2. The van der Waals surface area contributed by atoms with E-state index in [1.807, 2.05) is 0 Å². The van der Waals surface area contributed by atoms with Crippen molar-refractivity contribution < 1.29 is 5.03 Å². The maximum Gasteiger partial charge on any atom is 0.190 e. The van der Waals surface area contributed by atoms with E-state index in [-0.39, 0.29) is 0 Å². The lowest BCUT2D eigenvalue weighted by Crippen LogP contribution is -1.81. The summed E-state index contributed by atoms with van der Waals surface area (Å²) in [7, 11) is 0. The van der Waals surface area contributed by atoms with Crippen LogP contribution in [-0.4, -0.2) is 11.2 Å². The summed E-state index contributed by atoms with van der Waals surface area (Å²) in [5.41, 5.74) is 0. The van der Waals surface area contributed by atoms with E-state index in [1.54, 1.807) is 0 Å². The first-order chi connectivity index (χ1) is 2.77. The zero-order valence-corrected chi connectivity index (χ0v) is 3.00. The van der Waals surface area contributed by atoms with Gasteiger partial charge >= 0.3 is 0 Å². The Bertz CT molecular complexity index is 77.6. The van der Waals surface area contributed by atoms with Gasteiger partial charge in [0.2, 0.25) is 0 Å². The Morgan fingerprint density at radius 3 is 2.50 bits per heavy atom. The highest BCUT2D eigenvalue weighted by atomic mass is 16.7. The molecule has 0 bridgehead atoms. The Labute approximate surface area is 34.6 Å². The molecule has 4 heteroatoms. The van der Waals surface area contributed by atoms with Gasteiger partial charge in [-0.05, 0) is 6.92 Å². The van der Waals surface area contributed by atoms with E-state index in [9.17, 15) is 0 Å². The van der Waals surface area contributed by atoms with Crippen LogP contribution in [0.3, 0.4) is 0 Å². The summed E-state index contributed by atoms with van der Waals surface area (Å²) in [5, 5.41) is 11.0. The number of hydrogen-bond donors (Lipinski definition) is 0. The number of nitro groups is 1. The first-order valence-corrected chi connectivity index (χ1v) is 1.23. The maximum absolute atomic E-state index is 9.17. The molecule has 6 heavy (non-hydrogen) atoms. The summed E-state index contributed by atoms with van der Waals surface area (Å²) in [6.07, 6.45) is 0.875. The van der Waals surface area contributed by atoms with Crippen molar-refractivity contribution in [2.45, 2.75) is 0 Å². The predicted molar refractivity (Wildman–Crippen MR) is 20.8 cm³/mol. The molecule has 0 aliphatic rings. The molecule has 0 aromatic rings. The van der Waals surface area contributed by atoms with Crippen LogP contribution in [0.2, 0.25) is 0 Å². The fourth-order valence-electron chi connectivity index (χ4n) is 0.0667. The summed E-state index contributed by atoms with van der Waals surface area (Å²) in [4.78, 5) is 9.17. The molecule has 0 amide bonds. The van der Waals surface area contributed by atoms with Crippen LogP contribution in [0.5, 0.6) is 0 Å². The molecule has 33 valence electrons. The molecule has 0 rings (SSSR count). The van der Waals surface area contributed by atoms with Crippen molar-refractivity contribution in [2.24, 2.45) is 5.10 Å². The first kappa shape index (κ1) is 5.07. The van der Waals surface area contributed by atoms with E-state index in [4.69, 9.17) is 10.1 Å². The molecular weight excluding hydrogens is 84.0 g/mol. The number of hydrazone groups is 1. The minimum atomic E-state index is -0.812. The van der Waals surface area contributed by atoms with Gasteiger partial charge in [0.15, 0.2) is 5.03 Å². The van der Waals surface area contributed by atoms with Crippen LogP contribution in [0.4, 0.5) is 0 Å². The third-order valence-electron chi connectivity index (χ3n) is 0.176. The van der Waals surface area contributed by atoms with Crippen LogP contribution >= 0.6 is 0 Å². The van der Waals surface area contributed by atoms with Crippen molar-refractivity contribution in [2.75, 3.05) is 0 Å². The Balaban J connectivity index is 3.30. The minimum absolute atomic E-state index is 0.812. The molecule has 0 atom stereocenters. The minimum Gasteiger partial charge on any atom is -0.233 e. The van der Waals surface area contributed by atoms with E-state index in [0.29, 0.717) is 0 Å². The second-order valence-electron chi connectivity index (χ2n) is 0.536. The Hall–Kier alpha value is -0.930. The highest BCUT2D eigenvalue weighted by molar-refractivity contribution is 5.60. The van der Waals surface area contributed by atoms with Gasteiger partial charge in [-0.2, -0.15) is 0 Å². The SMILES string of the molecule is [CH2]C=N[N+](=O)[O-]. The zero-order valence-electron chi connectivity index (χ0n) is 3.00. The lowest BCUT2D eigenvalue weighted by molar-refractivity contribution is -0.484. The van der Waals surface area contributed by atoms with Gasteiger partial charge in [0, 0.05) is 0 Å². The van der Waals surface area contributed by atoms with Crippen LogP contribution in [-0.2, 0) is 0 Å². The van der Waals surface area contributed by atoms with Gasteiger partial charge in [-0.25, -0.2) is 10.1 Å². The van der Waals surface area contributed by atoms with Crippen molar-refractivity contribution in [3.8, 4) is 0 Å². The summed E-state index contributed by atoms with van der Waals surface area (Å²) in [5.74, 6) is 0. The summed E-state index contributed by atoms with van der Waals surface area (Å²) in [6.45, 7) is 2.99. The van der Waals surface area contributed by atoms with Gasteiger partial charge in [-0.15, -0.1) is 0 Å². The molecule has 0 spiro atoms. The fourth-order valence-corrected chi connectivity index (χ4v) is 0.0667. The van der Waals surface area contributed by atoms with Crippen LogP contribution in [0, 0.1) is 17.0 Å². The molecule has 0 heterocycles. The maximum atomic E-state index is 9.17. The lowest BCUT2D eigenvalue weighted by atomic mass is 10.9. The standard InChI is InChI=1S/C2H3N2O2/c1-2-3-4(5)6/h2H,1H2. The van der Waals surface area contributed by atoms with Crippen molar-refractivity contribution in [3.05, 3.63) is 17.0 Å². The number of hydrogen-bond acceptors (Lipinski definition) is 2. The molecule has 0 unspecified atom stereocenters. The molecule has 1 radical (unpaired) electrons. The Kier molecular flexibility index (Phi) is 1.96. The Morgan fingerprint density at radius 2 is 2.50 bits per heavy atom. The van der Waals surface area contributed by atoms with Crippen molar-refractivity contribution in [1.82, 2.24) is 0 Å². The second-order valence-corrected chi connectivity index (χ2v) is 0.536. The second kappa shape index (κ2) is 2.32. The summed E-state index contributed by atoms with van der Waals surface area (Å²) >= 11 is 0. The van der Waals surface area contributed by atoms with Crippen LogP contribution in [0.15, 0.2) is 5.10 Å². The van der Waals surface area contributed by atoms with Gasteiger partial charge < -0.3 is 0 Å². The summed E-state index contributed by atoms with van der Waals surface area (Å²) < 4.78 is 0. The van der Waals surface area contributed by atoms with Crippen molar-refractivity contribution in [1.29, 1.82) is 0 Å². The fraction of sp³-hybridized carbons (Fsp3) is 0. The van der Waals surface area contributed by atoms with Crippen LogP contribution in [0.1, 0.15) is 0 Å². The normalized spacial score (nSPS) is 9.50. The quantitative estimate of drug-likeness (QED) is 0.258. The first-order valence-electron chi connectivity index (χ1n) is 1.23. The molecule has 0 aromatic carbocycles. The van der Waals surface area contributed by atoms with E-state index < -0.39 is 5.03 Å². The van der Waals surface area contributed by atoms with E-state index >= 15 is 0 Å². The molecule has 0 saturated carbocycles. The Morgan fingerprint density at radius 1 is 2.00 bits per heavy atom. The third-order valence-corrected chi connectivity index (χ3v) is 0.176. The molecule has 0 aliphatic carbocycles. The molecule has 0 fully saturated rings. The molecule has 0 N–H and O–H groups in total. The third kappa shape index (κ3) is 3.07. The highest BCUT2D eigenvalue weighted by Gasteiger charge is 1.75. The summed E-state index contributed by atoms with van der Waals surface area (Å²) in [6, 6.07) is 0. The smallest absolute Gasteiger partial charge is 0.190 e. The van der Waals surface area contributed by atoms with Crippen molar-refractivity contribution >= 4 is 6.21 Å². The molecule has 4 nitrogen and oxygen atoms in total. The van der Waals surface area contributed by atoms with Gasteiger partial charge in [0.25, 0.3) is 0 Å². The number of nitrogens with zero attached hydrogens (tertiary/aromatic N) is 2. The van der Waals surface area contributed by atoms with Gasteiger partial charge in [-0.3, -0.25) is 0 Å². The number of rotatable bonds is 1. The molecule has 0 saturated heterocycles. The average Bonchev–Trinajstić information content (AvgIpc) is 1.35. The van der Waals surface area contributed by atoms with E-state index in [0.717, 1.165) is 6.21 Å². The monoisotopic (exact) mass is 87.0 g/mol. The van der Waals surface area contributed by atoms with Gasteiger partial charge in [0.1, 0.15) is 0 Å². The van der Waals surface area contributed by atoms with Gasteiger partial charge in [0.05, 0.1) is 11.3 Å². The molecule has 0 aromatic heterocycles. The topological polar surface area (TPSA) is 55.5 Å². The molecule has 0 aliphatic heterocycles. The van der Waals surface area contributed by atoms with Crippen LogP contribution in [0.25, 0.3) is 0 Å². The van der Waals surface area contributed by atoms with E-state index in [1.165, 1.54) is 0 Å². The predicted octanol–water partition coefficient (Wildman–Crippen LogP) is 0.0830. The largest absolute Gasteiger partial charge is 0.233 e. The zero-order chi connectivity index (χ0) is 4.99. The van der Waals surface area contributed by atoms with Crippen LogP contribution < -0.4 is 0 Å².